The number of oxazole rings is 1. The molecule has 0 spiro atoms. The molecule has 1 aliphatic rings. The summed E-state index contributed by atoms with van der Waals surface area (Å²) in [6.07, 6.45) is 0.00434. The number of aliphatic hydroxyl groups is 2. The maximum atomic E-state index is 9.69. The standard InChI is InChI=1S/C15H16N2O4S2/c18-12(22)8-9(15(19)23)14-16-13-10(2-1-3-11(13)21-14)17-4-6-20-7-5-17/h1-3,9H,4-8H2,(H,18,22)(H,19,23). The van der Waals surface area contributed by atoms with Crippen molar-refractivity contribution < 1.29 is 19.4 Å². The number of rotatable bonds is 5. The Labute approximate surface area is 143 Å². The third-order valence-electron chi connectivity index (χ3n) is 3.74. The van der Waals surface area contributed by atoms with Crippen molar-refractivity contribution in [3.63, 3.8) is 0 Å². The number of benzene rings is 1. The Bertz CT molecular complexity index is 740. The number of aliphatic hydroxyl groups excluding tert-OH is 2. The highest BCUT2D eigenvalue weighted by Crippen LogP contribution is 2.31. The minimum Gasteiger partial charge on any atom is -0.502 e. The molecule has 0 aliphatic carbocycles. The van der Waals surface area contributed by atoms with Crippen LogP contribution in [-0.2, 0) is 4.74 Å². The van der Waals surface area contributed by atoms with Gasteiger partial charge in [-0.05, 0) is 36.6 Å². The van der Waals surface area contributed by atoms with Crippen LogP contribution >= 0.6 is 24.4 Å². The van der Waals surface area contributed by atoms with E-state index < -0.39 is 5.92 Å². The van der Waals surface area contributed by atoms with E-state index in [0.717, 1.165) is 18.8 Å². The summed E-state index contributed by atoms with van der Waals surface area (Å²) in [5, 5.41) is 18.5. The number of morpholine rings is 1. The van der Waals surface area contributed by atoms with E-state index in [9.17, 15) is 10.2 Å². The summed E-state index contributed by atoms with van der Waals surface area (Å²) in [7, 11) is 0. The predicted molar refractivity (Wildman–Crippen MR) is 94.9 cm³/mol. The lowest BCUT2D eigenvalue weighted by Crippen LogP contribution is -2.36. The molecule has 2 N–H and O–H groups in total. The van der Waals surface area contributed by atoms with Gasteiger partial charge in [-0.1, -0.05) is 6.07 Å². The SMILES string of the molecule is OC(=S)CC(C(O)=S)c1nc2c(N3CCOCC3)cccc2o1. The first kappa shape index (κ1) is 16.1. The molecule has 1 unspecified atom stereocenters. The van der Waals surface area contributed by atoms with Gasteiger partial charge in [-0.15, -0.1) is 0 Å². The van der Waals surface area contributed by atoms with Crippen molar-refractivity contribution in [2.24, 2.45) is 0 Å². The molecule has 1 fully saturated rings. The van der Waals surface area contributed by atoms with Gasteiger partial charge in [0, 0.05) is 19.5 Å². The van der Waals surface area contributed by atoms with Gasteiger partial charge in [-0.25, -0.2) is 4.98 Å². The summed E-state index contributed by atoms with van der Waals surface area (Å²) in [6.45, 7) is 2.90. The maximum absolute atomic E-state index is 9.69. The van der Waals surface area contributed by atoms with Crippen molar-refractivity contribution in [3.8, 4) is 0 Å². The van der Waals surface area contributed by atoms with Crippen molar-refractivity contribution in [2.75, 3.05) is 31.2 Å². The van der Waals surface area contributed by atoms with Crippen LogP contribution in [0.1, 0.15) is 18.2 Å². The third-order valence-corrected chi connectivity index (χ3v) is 4.19. The van der Waals surface area contributed by atoms with Gasteiger partial charge in [0.15, 0.2) is 15.7 Å². The van der Waals surface area contributed by atoms with Gasteiger partial charge in [0.05, 0.1) is 18.9 Å². The topological polar surface area (TPSA) is 79.0 Å². The van der Waals surface area contributed by atoms with Gasteiger partial charge in [0.25, 0.3) is 0 Å². The highest BCUT2D eigenvalue weighted by atomic mass is 32.1. The molecule has 0 saturated carbocycles. The van der Waals surface area contributed by atoms with Crippen molar-refractivity contribution in [1.82, 2.24) is 4.98 Å². The molecule has 0 bridgehead atoms. The van der Waals surface area contributed by atoms with Gasteiger partial charge in [-0.3, -0.25) is 0 Å². The molecule has 1 aliphatic heterocycles. The number of ether oxygens (including phenoxy) is 1. The van der Waals surface area contributed by atoms with Crippen LogP contribution in [0.5, 0.6) is 0 Å². The number of hydrogen-bond donors (Lipinski definition) is 2. The number of fused-ring (bicyclic) bond motifs is 1. The average Bonchev–Trinajstić information content (AvgIpc) is 2.96. The van der Waals surface area contributed by atoms with Crippen molar-refractivity contribution >= 4 is 51.3 Å². The second-order valence-electron chi connectivity index (χ2n) is 5.26. The van der Waals surface area contributed by atoms with Crippen LogP contribution in [0.15, 0.2) is 22.6 Å². The van der Waals surface area contributed by atoms with Crippen LogP contribution < -0.4 is 4.90 Å². The van der Waals surface area contributed by atoms with E-state index >= 15 is 0 Å². The predicted octanol–water partition coefficient (Wildman–Crippen LogP) is 2.91. The van der Waals surface area contributed by atoms with Crippen molar-refractivity contribution in [1.29, 1.82) is 0 Å². The summed E-state index contributed by atoms with van der Waals surface area (Å²) in [5.41, 5.74) is 2.26. The Morgan fingerprint density at radius 3 is 2.65 bits per heavy atom. The van der Waals surface area contributed by atoms with Crippen LogP contribution in [0.2, 0.25) is 0 Å². The Balaban J connectivity index is 2.00. The lowest BCUT2D eigenvalue weighted by molar-refractivity contribution is 0.123. The number of nitrogens with zero attached hydrogens (tertiary/aromatic N) is 2. The van der Waals surface area contributed by atoms with Gasteiger partial charge in [0.2, 0.25) is 5.89 Å². The summed E-state index contributed by atoms with van der Waals surface area (Å²) < 4.78 is 11.1. The molecule has 6 nitrogen and oxygen atoms in total. The number of thiocarbonyl (C=S) groups is 2. The summed E-state index contributed by atoms with van der Waals surface area (Å²) in [5.74, 6) is -0.475. The monoisotopic (exact) mass is 352 g/mol. The van der Waals surface area contributed by atoms with Crippen molar-refractivity contribution in [3.05, 3.63) is 24.1 Å². The first-order chi connectivity index (χ1) is 11.1. The molecule has 122 valence electrons. The van der Waals surface area contributed by atoms with Crippen LogP contribution in [0.25, 0.3) is 11.1 Å². The Morgan fingerprint density at radius 2 is 2.00 bits per heavy atom. The van der Waals surface area contributed by atoms with Crippen LogP contribution in [0, 0.1) is 0 Å². The fraction of sp³-hybridized carbons (Fsp3) is 0.400. The molecular weight excluding hydrogens is 336 g/mol. The number of anilines is 1. The van der Waals surface area contributed by atoms with E-state index in [1.165, 1.54) is 0 Å². The molecule has 2 aromatic rings. The fourth-order valence-electron chi connectivity index (χ4n) is 2.61. The zero-order valence-electron chi connectivity index (χ0n) is 12.3. The fourth-order valence-corrected chi connectivity index (χ4v) is 2.97. The molecular formula is C15H16N2O4S2. The highest BCUT2D eigenvalue weighted by molar-refractivity contribution is 7.80. The molecule has 2 heterocycles. The number of para-hydroxylation sites is 1. The number of aromatic nitrogens is 1. The summed E-state index contributed by atoms with van der Waals surface area (Å²) in [6, 6.07) is 5.68. The smallest absolute Gasteiger partial charge is 0.207 e. The molecule has 0 radical (unpaired) electrons. The lowest BCUT2D eigenvalue weighted by Gasteiger charge is -2.28. The molecule has 1 saturated heterocycles. The minimum atomic E-state index is -0.729. The molecule has 1 aromatic carbocycles. The normalized spacial score (nSPS) is 16.4. The molecule has 0 amide bonds. The average molecular weight is 352 g/mol. The van der Waals surface area contributed by atoms with Crippen LogP contribution in [0.3, 0.4) is 0 Å². The van der Waals surface area contributed by atoms with E-state index in [4.69, 9.17) is 33.6 Å². The molecule has 1 aromatic heterocycles. The van der Waals surface area contributed by atoms with Crippen LogP contribution in [0.4, 0.5) is 5.69 Å². The van der Waals surface area contributed by atoms with Gasteiger partial charge < -0.3 is 24.3 Å². The Hall–Kier alpha value is -1.77. The summed E-state index contributed by atoms with van der Waals surface area (Å²) in [4.78, 5) is 6.68. The lowest BCUT2D eigenvalue weighted by atomic mass is 10.1. The van der Waals surface area contributed by atoms with E-state index in [0.29, 0.717) is 24.3 Å². The first-order valence-corrected chi connectivity index (χ1v) is 8.04. The Morgan fingerprint density at radius 1 is 1.26 bits per heavy atom. The van der Waals surface area contributed by atoms with Gasteiger partial charge in [0.1, 0.15) is 11.4 Å². The van der Waals surface area contributed by atoms with E-state index in [-0.39, 0.29) is 22.4 Å². The molecule has 23 heavy (non-hydrogen) atoms. The van der Waals surface area contributed by atoms with Crippen molar-refractivity contribution in [2.45, 2.75) is 12.3 Å². The zero-order chi connectivity index (χ0) is 16.4. The minimum absolute atomic E-state index is 0.00434. The van der Waals surface area contributed by atoms with E-state index in [1.807, 2.05) is 18.2 Å². The summed E-state index contributed by atoms with van der Waals surface area (Å²) >= 11 is 9.53. The van der Waals surface area contributed by atoms with E-state index in [2.05, 4.69) is 9.88 Å². The second-order valence-corrected chi connectivity index (χ2v) is 6.15. The zero-order valence-corrected chi connectivity index (χ0v) is 13.9. The second kappa shape index (κ2) is 6.77. The first-order valence-electron chi connectivity index (χ1n) is 7.23. The Kier molecular flexibility index (Phi) is 4.74. The van der Waals surface area contributed by atoms with Gasteiger partial charge >= 0.3 is 0 Å². The third kappa shape index (κ3) is 3.44. The quantitative estimate of drug-likeness (QED) is 0.795. The largest absolute Gasteiger partial charge is 0.502 e. The molecule has 3 rings (SSSR count). The number of hydrogen-bond acceptors (Lipinski definition) is 6. The maximum Gasteiger partial charge on any atom is 0.207 e. The highest BCUT2D eigenvalue weighted by Gasteiger charge is 2.26. The molecule has 1 atom stereocenters. The van der Waals surface area contributed by atoms with Gasteiger partial charge in [-0.2, -0.15) is 0 Å². The molecule has 8 heteroatoms. The van der Waals surface area contributed by atoms with Crippen LogP contribution in [-0.4, -0.2) is 51.6 Å². The van der Waals surface area contributed by atoms with E-state index in [1.54, 1.807) is 0 Å².